The van der Waals surface area contributed by atoms with E-state index in [9.17, 15) is 5.11 Å². The largest absolute Gasteiger partial charge is 0.496 e. The Morgan fingerprint density at radius 3 is 2.50 bits per heavy atom. The first-order chi connectivity index (χ1) is 11.5. The zero-order chi connectivity index (χ0) is 17.4. The first-order valence-corrected chi connectivity index (χ1v) is 9.32. The van der Waals surface area contributed by atoms with Gasteiger partial charge >= 0.3 is 0 Å². The van der Waals surface area contributed by atoms with Crippen LogP contribution in [0.3, 0.4) is 0 Å². The topological polar surface area (TPSA) is 58.7 Å². The predicted octanol–water partition coefficient (Wildman–Crippen LogP) is 3.25. The average molecular weight is 332 g/mol. The third-order valence-corrected chi connectivity index (χ3v) is 5.93. The molecule has 1 aromatic carbocycles. The summed E-state index contributed by atoms with van der Waals surface area (Å²) in [7, 11) is 1.76. The highest BCUT2D eigenvalue weighted by molar-refractivity contribution is 5.54. The molecule has 0 bridgehead atoms. The second kappa shape index (κ2) is 7.03. The fourth-order valence-electron chi connectivity index (χ4n) is 4.71. The lowest BCUT2D eigenvalue weighted by Gasteiger charge is -2.37. The third kappa shape index (κ3) is 2.96. The van der Waals surface area contributed by atoms with Crippen LogP contribution in [0.4, 0.5) is 0 Å². The summed E-state index contributed by atoms with van der Waals surface area (Å²) in [6.07, 6.45) is 3.84. The molecule has 2 aliphatic rings. The molecule has 0 amide bonds. The second-order valence-corrected chi connectivity index (χ2v) is 7.74. The molecule has 0 saturated heterocycles. The second-order valence-electron chi connectivity index (χ2n) is 7.74. The molecule has 0 radical (unpaired) electrons. The summed E-state index contributed by atoms with van der Waals surface area (Å²) in [5.74, 6) is 1.41. The summed E-state index contributed by atoms with van der Waals surface area (Å²) in [4.78, 5) is 2.59. The smallest absolute Gasteiger partial charge is 0.122 e. The highest BCUT2D eigenvalue weighted by atomic mass is 16.5. The van der Waals surface area contributed by atoms with Crippen LogP contribution in [0.1, 0.15) is 73.7 Å². The zero-order valence-corrected chi connectivity index (χ0v) is 15.5. The number of aliphatic hydroxyl groups excluding tert-OH is 1. The number of nitrogens with two attached hydrogens (primary N) is 1. The maximum absolute atomic E-state index is 9.84. The summed E-state index contributed by atoms with van der Waals surface area (Å²) >= 11 is 0. The molecule has 1 fully saturated rings. The van der Waals surface area contributed by atoms with Crippen LogP contribution in [0.2, 0.25) is 0 Å². The highest BCUT2D eigenvalue weighted by Crippen LogP contribution is 2.46. The van der Waals surface area contributed by atoms with E-state index in [1.807, 2.05) is 0 Å². The van der Waals surface area contributed by atoms with Crippen LogP contribution in [-0.2, 0) is 6.54 Å². The molecule has 1 heterocycles. The molecule has 134 valence electrons. The molecule has 24 heavy (non-hydrogen) atoms. The molecule has 4 nitrogen and oxygen atoms in total. The molecule has 1 atom stereocenters. The number of ether oxygens (including phenoxy) is 1. The maximum Gasteiger partial charge on any atom is 0.122 e. The maximum atomic E-state index is 9.84. The normalized spacial score (nSPS) is 27.5. The van der Waals surface area contributed by atoms with Gasteiger partial charge in [-0.05, 0) is 61.3 Å². The van der Waals surface area contributed by atoms with E-state index in [-0.39, 0.29) is 12.1 Å². The van der Waals surface area contributed by atoms with Crippen molar-refractivity contribution in [1.29, 1.82) is 0 Å². The number of benzene rings is 1. The lowest BCUT2D eigenvalue weighted by atomic mass is 9.87. The molecule has 1 aliphatic heterocycles. The van der Waals surface area contributed by atoms with Crippen LogP contribution >= 0.6 is 0 Å². The fraction of sp³-hybridized carbons (Fsp3) is 0.700. The molecule has 0 aromatic heterocycles. The van der Waals surface area contributed by atoms with Crippen molar-refractivity contribution in [1.82, 2.24) is 4.90 Å². The van der Waals surface area contributed by atoms with Gasteiger partial charge in [0, 0.05) is 30.7 Å². The van der Waals surface area contributed by atoms with E-state index in [4.69, 9.17) is 10.5 Å². The number of aryl methyl sites for hydroxylation is 1. The van der Waals surface area contributed by atoms with Crippen molar-refractivity contribution in [2.45, 2.75) is 77.1 Å². The van der Waals surface area contributed by atoms with Gasteiger partial charge in [0.2, 0.25) is 0 Å². The Labute approximate surface area is 146 Å². The molecule has 4 heteroatoms. The van der Waals surface area contributed by atoms with Gasteiger partial charge in [0.15, 0.2) is 0 Å². The number of aliphatic hydroxyl groups is 1. The molecule has 1 unspecified atom stereocenters. The predicted molar refractivity (Wildman–Crippen MR) is 97.4 cm³/mol. The van der Waals surface area contributed by atoms with E-state index in [2.05, 4.69) is 31.7 Å². The van der Waals surface area contributed by atoms with E-state index in [1.54, 1.807) is 7.11 Å². The molecule has 1 aliphatic carbocycles. The van der Waals surface area contributed by atoms with Gasteiger partial charge in [-0.25, -0.2) is 0 Å². The number of hydrogen-bond donors (Lipinski definition) is 2. The Bertz CT molecular complexity index is 592. The Kier molecular flexibility index (Phi) is 5.19. The van der Waals surface area contributed by atoms with Gasteiger partial charge in [0.05, 0.1) is 13.2 Å². The Morgan fingerprint density at radius 1 is 1.29 bits per heavy atom. The van der Waals surface area contributed by atoms with Crippen molar-refractivity contribution in [3.8, 4) is 5.75 Å². The summed E-state index contributed by atoms with van der Waals surface area (Å²) < 4.78 is 5.71. The standard InChI is InChI=1S/C20H32N2O2/c1-12(2)19-18(24-4)9-13(3)16-11-22(17(10-21)20(16)19)14-5-7-15(23)8-6-14/h9,12,14-15,17,23H,5-8,10-11,21H2,1-4H3. The number of nitrogens with zero attached hydrogens (tertiary/aromatic N) is 1. The van der Waals surface area contributed by atoms with Crippen molar-refractivity contribution < 1.29 is 9.84 Å². The first-order valence-electron chi connectivity index (χ1n) is 9.32. The van der Waals surface area contributed by atoms with Crippen molar-refractivity contribution in [2.75, 3.05) is 13.7 Å². The van der Waals surface area contributed by atoms with Crippen molar-refractivity contribution in [3.63, 3.8) is 0 Å². The van der Waals surface area contributed by atoms with Crippen LogP contribution < -0.4 is 10.5 Å². The number of fused-ring (bicyclic) bond motifs is 1. The quantitative estimate of drug-likeness (QED) is 0.888. The van der Waals surface area contributed by atoms with Gasteiger partial charge in [-0.2, -0.15) is 0 Å². The van der Waals surface area contributed by atoms with Crippen molar-refractivity contribution in [2.24, 2.45) is 5.73 Å². The van der Waals surface area contributed by atoms with Gasteiger partial charge < -0.3 is 15.6 Å². The minimum atomic E-state index is -0.115. The van der Waals surface area contributed by atoms with E-state index in [0.29, 0.717) is 18.5 Å². The van der Waals surface area contributed by atoms with E-state index in [1.165, 1.54) is 22.3 Å². The van der Waals surface area contributed by atoms with E-state index in [0.717, 1.165) is 38.0 Å². The highest BCUT2D eigenvalue weighted by Gasteiger charge is 2.39. The van der Waals surface area contributed by atoms with Crippen molar-refractivity contribution >= 4 is 0 Å². The Balaban J connectivity index is 2.01. The Morgan fingerprint density at radius 2 is 1.96 bits per heavy atom. The SMILES string of the molecule is COc1cc(C)c2c(c1C(C)C)C(CN)N(C1CCC(O)CC1)C2. The molecule has 1 aromatic rings. The minimum absolute atomic E-state index is 0.115. The summed E-state index contributed by atoms with van der Waals surface area (Å²) in [5, 5.41) is 9.84. The number of rotatable bonds is 4. The van der Waals surface area contributed by atoms with E-state index < -0.39 is 0 Å². The fourth-order valence-corrected chi connectivity index (χ4v) is 4.71. The summed E-state index contributed by atoms with van der Waals surface area (Å²) in [6, 6.07) is 2.99. The number of methoxy groups -OCH3 is 1. The molecular formula is C20H32N2O2. The Hall–Kier alpha value is -1.10. The van der Waals surface area contributed by atoms with Crippen LogP contribution in [-0.4, -0.2) is 35.8 Å². The summed E-state index contributed by atoms with van der Waals surface area (Å²) in [6.45, 7) is 8.28. The lowest BCUT2D eigenvalue weighted by molar-refractivity contribution is 0.0569. The van der Waals surface area contributed by atoms with Gasteiger partial charge in [-0.3, -0.25) is 4.90 Å². The van der Waals surface area contributed by atoms with Gasteiger partial charge in [0.25, 0.3) is 0 Å². The zero-order valence-electron chi connectivity index (χ0n) is 15.5. The minimum Gasteiger partial charge on any atom is -0.496 e. The third-order valence-electron chi connectivity index (χ3n) is 5.93. The van der Waals surface area contributed by atoms with Gasteiger partial charge in [-0.15, -0.1) is 0 Å². The lowest BCUT2D eigenvalue weighted by Crippen LogP contribution is -2.40. The van der Waals surface area contributed by atoms with Crippen LogP contribution in [0, 0.1) is 6.92 Å². The van der Waals surface area contributed by atoms with Gasteiger partial charge in [0.1, 0.15) is 5.75 Å². The molecule has 1 saturated carbocycles. The molecule has 3 N–H and O–H groups in total. The average Bonchev–Trinajstić information content (AvgIpc) is 2.94. The molecule has 3 rings (SSSR count). The molecule has 0 spiro atoms. The van der Waals surface area contributed by atoms with Gasteiger partial charge in [-0.1, -0.05) is 13.8 Å². The van der Waals surface area contributed by atoms with Crippen LogP contribution in [0.25, 0.3) is 0 Å². The monoisotopic (exact) mass is 332 g/mol. The first kappa shape index (κ1) is 17.7. The van der Waals surface area contributed by atoms with E-state index >= 15 is 0 Å². The summed E-state index contributed by atoms with van der Waals surface area (Å²) in [5.41, 5.74) is 11.7. The number of hydrogen-bond acceptors (Lipinski definition) is 4. The van der Waals surface area contributed by atoms with Crippen LogP contribution in [0.15, 0.2) is 6.07 Å². The van der Waals surface area contributed by atoms with Crippen molar-refractivity contribution in [3.05, 3.63) is 28.3 Å². The molecular weight excluding hydrogens is 300 g/mol. The van der Waals surface area contributed by atoms with Crippen LogP contribution in [0.5, 0.6) is 5.75 Å².